The third kappa shape index (κ3) is 4.90. The van der Waals surface area contributed by atoms with Gasteiger partial charge in [0.2, 0.25) is 5.91 Å². The number of carbonyl (C=O) groups is 1. The minimum absolute atomic E-state index is 0.472. The summed E-state index contributed by atoms with van der Waals surface area (Å²) in [6.07, 6.45) is 7.81. The number of rotatable bonds is 6. The molecule has 0 unspecified atom stereocenters. The van der Waals surface area contributed by atoms with Crippen molar-refractivity contribution in [2.75, 3.05) is 19.6 Å². The van der Waals surface area contributed by atoms with Gasteiger partial charge in [-0.05, 0) is 56.6 Å². The molecule has 1 aromatic heterocycles. The van der Waals surface area contributed by atoms with Crippen molar-refractivity contribution < 1.29 is 4.79 Å². The van der Waals surface area contributed by atoms with Gasteiger partial charge >= 0.3 is 0 Å². The largest absolute Gasteiger partial charge is 0.366 e. The van der Waals surface area contributed by atoms with Gasteiger partial charge in [0.15, 0.2) is 0 Å². The van der Waals surface area contributed by atoms with Gasteiger partial charge in [-0.3, -0.25) is 9.69 Å². The van der Waals surface area contributed by atoms with Crippen LogP contribution in [0.5, 0.6) is 0 Å². The summed E-state index contributed by atoms with van der Waals surface area (Å²) in [5.41, 5.74) is 10.3. The van der Waals surface area contributed by atoms with E-state index >= 15 is 0 Å². The summed E-state index contributed by atoms with van der Waals surface area (Å²) < 4.78 is 0. The number of primary amides is 1. The van der Waals surface area contributed by atoms with Gasteiger partial charge in [0, 0.05) is 18.2 Å². The molecule has 134 valence electrons. The number of amides is 1. The first-order valence-electron chi connectivity index (χ1n) is 9.06. The third-order valence-electron chi connectivity index (χ3n) is 4.58. The zero-order valence-corrected chi connectivity index (χ0v) is 15.2. The van der Waals surface area contributed by atoms with E-state index < -0.39 is 5.91 Å². The molecule has 4 nitrogen and oxygen atoms in total. The van der Waals surface area contributed by atoms with E-state index in [1.807, 2.05) is 18.2 Å². The summed E-state index contributed by atoms with van der Waals surface area (Å²) in [5.74, 6) is -0.472. The van der Waals surface area contributed by atoms with Crippen molar-refractivity contribution in [3.05, 3.63) is 77.1 Å². The minimum atomic E-state index is -0.472. The summed E-state index contributed by atoms with van der Waals surface area (Å²) in [5, 5.41) is 0. The highest BCUT2D eigenvalue weighted by Crippen LogP contribution is 2.23. The first-order valence-corrected chi connectivity index (χ1v) is 9.06. The fraction of sp³-hybridized carbons (Fsp3) is 0.273. The maximum absolute atomic E-state index is 11.0. The molecule has 1 aromatic carbocycles. The van der Waals surface area contributed by atoms with Crippen LogP contribution in [0.4, 0.5) is 0 Å². The number of aromatic nitrogens is 1. The Balaban J connectivity index is 1.94. The zero-order valence-electron chi connectivity index (χ0n) is 15.2. The van der Waals surface area contributed by atoms with E-state index in [2.05, 4.69) is 42.2 Å². The Bertz CT molecular complexity index is 816. The van der Waals surface area contributed by atoms with E-state index in [-0.39, 0.29) is 0 Å². The summed E-state index contributed by atoms with van der Waals surface area (Å²) in [6, 6.07) is 14.4. The van der Waals surface area contributed by atoms with Crippen molar-refractivity contribution in [2.24, 2.45) is 5.73 Å². The number of carbonyl (C=O) groups excluding carboxylic acids is 1. The molecule has 1 aliphatic heterocycles. The average Bonchev–Trinajstić information content (AvgIpc) is 3.15. The highest BCUT2D eigenvalue weighted by molar-refractivity contribution is 5.90. The molecule has 0 spiro atoms. The molecular weight excluding hydrogens is 322 g/mol. The van der Waals surface area contributed by atoms with E-state index in [9.17, 15) is 4.79 Å². The molecule has 0 radical (unpaired) electrons. The van der Waals surface area contributed by atoms with Gasteiger partial charge in [-0.1, -0.05) is 42.0 Å². The standard InChI is InChI=1S/C22H25N3O/c1-17-7-9-18(10-8-17)20(13-16-25-14-2-3-15-25)21-6-4-5-19(24-21)11-12-22(23)26/h4-13H,2-3,14-16H2,1H3,(H2,23,26). The SMILES string of the molecule is Cc1ccc(C(=CCN2CCCC2)c2cccc(C=CC(N)=O)n2)cc1. The number of aryl methyl sites for hydroxylation is 1. The van der Waals surface area contributed by atoms with Crippen molar-refractivity contribution in [1.82, 2.24) is 9.88 Å². The van der Waals surface area contributed by atoms with Crippen molar-refractivity contribution in [3.8, 4) is 0 Å². The molecule has 1 aliphatic rings. The Hall–Kier alpha value is -2.72. The number of nitrogens with two attached hydrogens (primary N) is 1. The Labute approximate surface area is 155 Å². The van der Waals surface area contributed by atoms with Crippen LogP contribution in [0.3, 0.4) is 0 Å². The Morgan fingerprint density at radius 3 is 2.58 bits per heavy atom. The van der Waals surface area contributed by atoms with Crippen LogP contribution >= 0.6 is 0 Å². The average molecular weight is 347 g/mol. The van der Waals surface area contributed by atoms with Crippen LogP contribution in [0, 0.1) is 6.92 Å². The number of hydrogen-bond acceptors (Lipinski definition) is 3. The number of nitrogens with zero attached hydrogens (tertiary/aromatic N) is 2. The van der Waals surface area contributed by atoms with E-state index in [1.165, 1.54) is 24.5 Å². The molecule has 2 heterocycles. The normalized spacial score (nSPS) is 15.7. The fourth-order valence-corrected chi connectivity index (χ4v) is 3.15. The van der Waals surface area contributed by atoms with Crippen LogP contribution in [0.1, 0.15) is 35.4 Å². The van der Waals surface area contributed by atoms with Crippen LogP contribution in [-0.2, 0) is 4.79 Å². The molecule has 0 saturated carbocycles. The molecule has 2 aromatic rings. The molecule has 2 N–H and O–H groups in total. The second kappa shape index (κ2) is 8.59. The van der Waals surface area contributed by atoms with Crippen LogP contribution in [-0.4, -0.2) is 35.4 Å². The molecule has 0 bridgehead atoms. The van der Waals surface area contributed by atoms with Gasteiger partial charge in [-0.2, -0.15) is 0 Å². The maximum Gasteiger partial charge on any atom is 0.241 e. The highest BCUT2D eigenvalue weighted by Gasteiger charge is 2.12. The third-order valence-corrected chi connectivity index (χ3v) is 4.58. The van der Waals surface area contributed by atoms with E-state index in [4.69, 9.17) is 10.7 Å². The maximum atomic E-state index is 11.0. The second-order valence-corrected chi connectivity index (χ2v) is 6.67. The predicted octanol–water partition coefficient (Wildman–Crippen LogP) is 3.42. The molecule has 1 saturated heterocycles. The van der Waals surface area contributed by atoms with Gasteiger partial charge in [-0.15, -0.1) is 0 Å². The number of hydrogen-bond donors (Lipinski definition) is 1. The van der Waals surface area contributed by atoms with Gasteiger partial charge < -0.3 is 5.73 Å². The van der Waals surface area contributed by atoms with Crippen molar-refractivity contribution >= 4 is 17.6 Å². The van der Waals surface area contributed by atoms with Crippen molar-refractivity contribution in [2.45, 2.75) is 19.8 Å². The topological polar surface area (TPSA) is 59.2 Å². The van der Waals surface area contributed by atoms with Crippen LogP contribution in [0.25, 0.3) is 11.6 Å². The quantitative estimate of drug-likeness (QED) is 0.815. The van der Waals surface area contributed by atoms with Gasteiger partial charge in [0.25, 0.3) is 0 Å². The lowest BCUT2D eigenvalue weighted by Gasteiger charge is -2.14. The van der Waals surface area contributed by atoms with Crippen LogP contribution in [0.15, 0.2) is 54.6 Å². The second-order valence-electron chi connectivity index (χ2n) is 6.67. The first kappa shape index (κ1) is 18.1. The van der Waals surface area contributed by atoms with Gasteiger partial charge in [0.05, 0.1) is 11.4 Å². The highest BCUT2D eigenvalue weighted by atomic mass is 16.1. The van der Waals surface area contributed by atoms with Gasteiger partial charge in [0.1, 0.15) is 0 Å². The molecule has 0 aliphatic carbocycles. The number of likely N-dealkylation sites (tertiary alicyclic amines) is 1. The fourth-order valence-electron chi connectivity index (χ4n) is 3.15. The monoisotopic (exact) mass is 347 g/mol. The van der Waals surface area contributed by atoms with Crippen molar-refractivity contribution in [1.29, 1.82) is 0 Å². The van der Waals surface area contributed by atoms with E-state index in [0.717, 1.165) is 42.2 Å². The Kier molecular flexibility index (Phi) is 5.97. The molecule has 26 heavy (non-hydrogen) atoms. The summed E-state index contributed by atoms with van der Waals surface area (Å²) >= 11 is 0. The molecular formula is C22H25N3O. The number of pyridine rings is 1. The minimum Gasteiger partial charge on any atom is -0.366 e. The van der Waals surface area contributed by atoms with E-state index in [1.54, 1.807) is 6.08 Å². The molecule has 3 rings (SSSR count). The predicted molar refractivity (Wildman–Crippen MR) is 106 cm³/mol. The smallest absolute Gasteiger partial charge is 0.241 e. The Morgan fingerprint density at radius 1 is 1.15 bits per heavy atom. The lowest BCUT2D eigenvalue weighted by atomic mass is 10.00. The van der Waals surface area contributed by atoms with Crippen LogP contribution in [0.2, 0.25) is 0 Å². The lowest BCUT2D eigenvalue weighted by Crippen LogP contribution is -2.19. The Morgan fingerprint density at radius 2 is 1.88 bits per heavy atom. The number of benzene rings is 1. The molecule has 1 fully saturated rings. The first-order chi connectivity index (χ1) is 12.6. The zero-order chi connectivity index (χ0) is 18.4. The van der Waals surface area contributed by atoms with Crippen molar-refractivity contribution in [3.63, 3.8) is 0 Å². The van der Waals surface area contributed by atoms with Crippen LogP contribution < -0.4 is 5.73 Å². The summed E-state index contributed by atoms with van der Waals surface area (Å²) in [4.78, 5) is 18.2. The lowest BCUT2D eigenvalue weighted by molar-refractivity contribution is -0.113. The summed E-state index contributed by atoms with van der Waals surface area (Å²) in [6.45, 7) is 5.33. The molecule has 1 amide bonds. The van der Waals surface area contributed by atoms with E-state index in [0.29, 0.717) is 0 Å². The van der Waals surface area contributed by atoms with Gasteiger partial charge in [-0.25, -0.2) is 4.98 Å². The molecule has 0 atom stereocenters. The molecule has 4 heteroatoms. The summed E-state index contributed by atoms with van der Waals surface area (Å²) in [7, 11) is 0.